The number of benzene rings is 2. The lowest BCUT2D eigenvalue weighted by Crippen LogP contribution is -2.13. The van der Waals surface area contributed by atoms with Gasteiger partial charge in [-0.05, 0) is 42.0 Å². The van der Waals surface area contributed by atoms with E-state index < -0.39 is 0 Å². The Morgan fingerprint density at radius 1 is 1.15 bits per heavy atom. The maximum Gasteiger partial charge on any atom is 0.261 e. The van der Waals surface area contributed by atoms with Crippen molar-refractivity contribution in [3.05, 3.63) is 65.2 Å². The topological polar surface area (TPSA) is 64.4 Å². The molecule has 5 nitrogen and oxygen atoms in total. The molecule has 130 valence electrons. The summed E-state index contributed by atoms with van der Waals surface area (Å²) in [4.78, 5) is 17.2. The van der Waals surface area contributed by atoms with Gasteiger partial charge in [-0.2, -0.15) is 0 Å². The van der Waals surface area contributed by atoms with Crippen LogP contribution in [0.1, 0.15) is 16.1 Å². The Hall–Kier alpha value is -3.12. The Bertz CT molecular complexity index is 1100. The number of amides is 1. The largest absolute Gasteiger partial charge is 0.496 e. The number of aromatic nitrogens is 1. The van der Waals surface area contributed by atoms with E-state index in [1.54, 1.807) is 7.11 Å². The molecular formula is C20H16N2O3S. The van der Waals surface area contributed by atoms with E-state index >= 15 is 0 Å². The third-order valence-corrected chi connectivity index (χ3v) is 4.79. The van der Waals surface area contributed by atoms with Gasteiger partial charge in [-0.15, -0.1) is 11.3 Å². The molecule has 26 heavy (non-hydrogen) atoms. The van der Waals surface area contributed by atoms with Gasteiger partial charge in [-0.25, -0.2) is 4.98 Å². The first kappa shape index (κ1) is 16.4. The molecule has 0 unspecified atom stereocenters. The molecular weight excluding hydrogens is 348 g/mol. The van der Waals surface area contributed by atoms with Crippen molar-refractivity contribution in [3.8, 4) is 17.2 Å². The van der Waals surface area contributed by atoms with Crippen LogP contribution in [-0.2, 0) is 0 Å². The number of methoxy groups -OCH3 is 1. The van der Waals surface area contributed by atoms with Crippen molar-refractivity contribution in [3.63, 3.8) is 0 Å². The zero-order valence-electron chi connectivity index (χ0n) is 14.3. The zero-order valence-corrected chi connectivity index (χ0v) is 15.1. The van der Waals surface area contributed by atoms with Crippen LogP contribution < -0.4 is 10.1 Å². The van der Waals surface area contributed by atoms with Crippen LogP contribution in [0.3, 0.4) is 0 Å². The van der Waals surface area contributed by atoms with Crippen molar-refractivity contribution < 1.29 is 13.9 Å². The number of thiazole rings is 1. The number of carbonyl (C=O) groups excluding carboxylic acids is 1. The Balaban J connectivity index is 1.62. The highest BCUT2D eigenvalue weighted by Gasteiger charge is 2.16. The lowest BCUT2D eigenvalue weighted by atomic mass is 10.1. The Labute approximate surface area is 154 Å². The summed E-state index contributed by atoms with van der Waals surface area (Å²) >= 11 is 1.35. The van der Waals surface area contributed by atoms with E-state index in [-0.39, 0.29) is 5.91 Å². The van der Waals surface area contributed by atoms with Gasteiger partial charge in [-0.3, -0.25) is 10.1 Å². The minimum absolute atomic E-state index is 0.260. The Morgan fingerprint density at radius 2 is 1.92 bits per heavy atom. The fourth-order valence-electron chi connectivity index (χ4n) is 2.75. The van der Waals surface area contributed by atoms with Gasteiger partial charge in [-0.1, -0.05) is 24.3 Å². The van der Waals surface area contributed by atoms with Crippen LogP contribution in [0.5, 0.6) is 5.75 Å². The summed E-state index contributed by atoms with van der Waals surface area (Å²) in [6, 6.07) is 15.3. The van der Waals surface area contributed by atoms with Gasteiger partial charge in [0, 0.05) is 5.38 Å². The summed E-state index contributed by atoms with van der Waals surface area (Å²) in [5.41, 5.74) is 1.17. The van der Waals surface area contributed by atoms with Crippen LogP contribution in [0, 0.1) is 6.92 Å². The SMILES string of the molecule is COc1cc2ccccc2cc1C(=O)Nc1nc(-c2ccc(C)o2)cs1. The van der Waals surface area contributed by atoms with Crippen LogP contribution in [0.25, 0.3) is 22.2 Å². The number of hydrogen-bond donors (Lipinski definition) is 1. The molecule has 0 aliphatic carbocycles. The van der Waals surface area contributed by atoms with E-state index in [1.165, 1.54) is 11.3 Å². The molecule has 0 spiro atoms. The fraction of sp³-hybridized carbons (Fsp3) is 0.100. The summed E-state index contributed by atoms with van der Waals surface area (Å²) in [6.45, 7) is 1.88. The van der Waals surface area contributed by atoms with Gasteiger partial charge >= 0.3 is 0 Å². The lowest BCUT2D eigenvalue weighted by Gasteiger charge is -2.10. The molecule has 0 radical (unpaired) electrons. The lowest BCUT2D eigenvalue weighted by molar-refractivity contribution is 0.102. The minimum Gasteiger partial charge on any atom is -0.496 e. The monoisotopic (exact) mass is 364 g/mol. The van der Waals surface area contributed by atoms with E-state index in [4.69, 9.17) is 9.15 Å². The molecule has 0 saturated heterocycles. The summed E-state index contributed by atoms with van der Waals surface area (Å²) in [6.07, 6.45) is 0. The molecule has 0 aliphatic heterocycles. The second-order valence-corrected chi connectivity index (χ2v) is 6.66. The number of hydrogen-bond acceptors (Lipinski definition) is 5. The molecule has 4 aromatic rings. The maximum absolute atomic E-state index is 12.7. The third kappa shape index (κ3) is 3.07. The first-order valence-electron chi connectivity index (χ1n) is 8.04. The summed E-state index contributed by atoms with van der Waals surface area (Å²) in [5, 5.41) is 7.20. The fourth-order valence-corrected chi connectivity index (χ4v) is 3.44. The van der Waals surface area contributed by atoms with Crippen molar-refractivity contribution >= 4 is 33.1 Å². The Kier molecular flexibility index (Phi) is 4.18. The van der Waals surface area contributed by atoms with Gasteiger partial charge in [0.15, 0.2) is 10.9 Å². The number of anilines is 1. The van der Waals surface area contributed by atoms with Crippen LogP contribution >= 0.6 is 11.3 Å². The van der Waals surface area contributed by atoms with Gasteiger partial charge < -0.3 is 9.15 Å². The predicted octanol–water partition coefficient (Wildman–Crippen LogP) is 5.13. The van der Waals surface area contributed by atoms with Crippen molar-refractivity contribution in [2.45, 2.75) is 6.92 Å². The normalized spacial score (nSPS) is 10.8. The van der Waals surface area contributed by atoms with Crippen molar-refractivity contribution in [2.75, 3.05) is 12.4 Å². The molecule has 1 amide bonds. The van der Waals surface area contributed by atoms with Gasteiger partial charge in [0.05, 0.1) is 12.7 Å². The molecule has 0 saturated carbocycles. The number of fused-ring (bicyclic) bond motifs is 1. The number of rotatable bonds is 4. The minimum atomic E-state index is -0.260. The molecule has 1 N–H and O–H groups in total. The van der Waals surface area contributed by atoms with Crippen molar-refractivity contribution in [1.82, 2.24) is 4.98 Å². The number of aryl methyl sites for hydroxylation is 1. The highest BCUT2D eigenvalue weighted by atomic mass is 32.1. The van der Waals surface area contributed by atoms with Crippen LogP contribution in [0.15, 0.2) is 58.3 Å². The first-order valence-corrected chi connectivity index (χ1v) is 8.92. The first-order chi connectivity index (χ1) is 12.6. The smallest absolute Gasteiger partial charge is 0.261 e. The van der Waals surface area contributed by atoms with E-state index in [1.807, 2.05) is 60.8 Å². The molecule has 0 atom stereocenters. The Morgan fingerprint density at radius 3 is 2.62 bits per heavy atom. The highest BCUT2D eigenvalue weighted by molar-refractivity contribution is 7.14. The summed E-state index contributed by atoms with van der Waals surface area (Å²) in [5.74, 6) is 1.77. The van der Waals surface area contributed by atoms with Crippen LogP contribution in [0.2, 0.25) is 0 Å². The maximum atomic E-state index is 12.7. The quantitative estimate of drug-likeness (QED) is 0.545. The zero-order chi connectivity index (χ0) is 18.1. The third-order valence-electron chi connectivity index (χ3n) is 4.03. The second-order valence-electron chi connectivity index (χ2n) is 5.80. The number of ether oxygens (including phenoxy) is 1. The predicted molar refractivity (Wildman–Crippen MR) is 103 cm³/mol. The number of carbonyl (C=O) groups is 1. The molecule has 4 rings (SSSR count). The van der Waals surface area contributed by atoms with Crippen LogP contribution in [0.4, 0.5) is 5.13 Å². The molecule has 0 fully saturated rings. The summed E-state index contributed by atoms with van der Waals surface area (Å²) in [7, 11) is 1.56. The van der Waals surface area contributed by atoms with E-state index in [2.05, 4.69) is 10.3 Å². The second kappa shape index (κ2) is 6.65. The van der Waals surface area contributed by atoms with Crippen LogP contribution in [-0.4, -0.2) is 18.0 Å². The average Bonchev–Trinajstić information content (AvgIpc) is 3.29. The van der Waals surface area contributed by atoms with Gasteiger partial charge in [0.2, 0.25) is 0 Å². The van der Waals surface area contributed by atoms with E-state index in [9.17, 15) is 4.79 Å². The molecule has 2 heterocycles. The molecule has 0 bridgehead atoms. The number of nitrogens with zero attached hydrogens (tertiary/aromatic N) is 1. The summed E-state index contributed by atoms with van der Waals surface area (Å²) < 4.78 is 11.0. The molecule has 2 aromatic carbocycles. The molecule has 6 heteroatoms. The van der Waals surface area contributed by atoms with E-state index in [0.29, 0.717) is 27.9 Å². The van der Waals surface area contributed by atoms with Gasteiger partial charge in [0.1, 0.15) is 17.2 Å². The van der Waals surface area contributed by atoms with E-state index in [0.717, 1.165) is 16.5 Å². The molecule has 2 aromatic heterocycles. The van der Waals surface area contributed by atoms with Crippen molar-refractivity contribution in [2.24, 2.45) is 0 Å². The molecule has 0 aliphatic rings. The number of furan rings is 1. The van der Waals surface area contributed by atoms with Gasteiger partial charge in [0.25, 0.3) is 5.91 Å². The average molecular weight is 364 g/mol. The standard InChI is InChI=1S/C20H16N2O3S/c1-12-7-8-17(25-12)16-11-26-20(21-16)22-19(23)15-9-13-5-3-4-6-14(13)10-18(15)24-2/h3-11H,1-2H3,(H,21,22,23). The highest BCUT2D eigenvalue weighted by Crippen LogP contribution is 2.29. The van der Waals surface area contributed by atoms with Crippen molar-refractivity contribution in [1.29, 1.82) is 0 Å². The number of nitrogens with one attached hydrogen (secondary N) is 1.